The van der Waals surface area contributed by atoms with E-state index in [-0.39, 0.29) is 5.92 Å². The molecule has 0 aromatic heterocycles. The van der Waals surface area contributed by atoms with E-state index in [2.05, 4.69) is 25.0 Å². The van der Waals surface area contributed by atoms with Crippen molar-refractivity contribution in [3.63, 3.8) is 0 Å². The van der Waals surface area contributed by atoms with Crippen LogP contribution in [0.5, 0.6) is 0 Å². The normalized spacial score (nSPS) is 10.2. The molecule has 0 aromatic rings. The molecule has 0 spiro atoms. The van der Waals surface area contributed by atoms with Gasteiger partial charge in [0.05, 0.1) is 5.92 Å². The summed E-state index contributed by atoms with van der Waals surface area (Å²) in [4.78, 5) is 14.4. The molecule has 7 nitrogen and oxygen atoms in total. The zero-order valence-corrected chi connectivity index (χ0v) is 5.97. The van der Waals surface area contributed by atoms with Crippen LogP contribution in [0.2, 0.25) is 0 Å². The first-order chi connectivity index (χ1) is 5.18. The summed E-state index contributed by atoms with van der Waals surface area (Å²) in [5.41, 5.74) is 0. The SMILES string of the molecule is CC(C)C(=O)OOOOOO. The minimum atomic E-state index is -0.647. The highest BCUT2D eigenvalue weighted by Gasteiger charge is 2.09. The lowest BCUT2D eigenvalue weighted by Crippen LogP contribution is -2.12. The van der Waals surface area contributed by atoms with Crippen LogP contribution < -0.4 is 0 Å². The lowest BCUT2D eigenvalue weighted by atomic mass is 10.2. The Balaban J connectivity index is 3.18. The molecule has 1 N–H and O–H groups in total. The van der Waals surface area contributed by atoms with E-state index in [1.165, 1.54) is 0 Å². The van der Waals surface area contributed by atoms with E-state index in [1.807, 2.05) is 0 Å². The molecular weight excluding hydrogens is 160 g/mol. The highest BCUT2D eigenvalue weighted by atomic mass is 17.8. The molecule has 0 rings (SSSR count). The molecule has 0 bridgehead atoms. The van der Waals surface area contributed by atoms with Gasteiger partial charge in [-0.3, -0.25) is 4.89 Å². The Morgan fingerprint density at radius 3 is 2.36 bits per heavy atom. The third-order valence-corrected chi connectivity index (χ3v) is 0.674. The largest absolute Gasteiger partial charge is 0.348 e. The van der Waals surface area contributed by atoms with Crippen LogP contribution in [0.25, 0.3) is 0 Å². The molecule has 0 saturated heterocycles. The van der Waals surface area contributed by atoms with E-state index in [1.54, 1.807) is 13.8 Å². The first-order valence-corrected chi connectivity index (χ1v) is 2.70. The van der Waals surface area contributed by atoms with Crippen LogP contribution in [0.1, 0.15) is 13.8 Å². The molecule has 0 aromatic carbocycles. The lowest BCUT2D eigenvalue weighted by molar-refractivity contribution is -0.745. The summed E-state index contributed by atoms with van der Waals surface area (Å²) in [6, 6.07) is 0. The number of rotatable bonds is 5. The van der Waals surface area contributed by atoms with Crippen LogP contribution in [0.3, 0.4) is 0 Å². The second-order valence-electron chi connectivity index (χ2n) is 1.84. The van der Waals surface area contributed by atoms with Crippen LogP contribution >= 0.6 is 0 Å². The van der Waals surface area contributed by atoms with E-state index >= 15 is 0 Å². The van der Waals surface area contributed by atoms with Gasteiger partial charge in [-0.15, -0.1) is 0 Å². The minimum Gasteiger partial charge on any atom is -0.266 e. The molecule has 0 saturated carbocycles. The third kappa shape index (κ3) is 5.70. The average molecular weight is 168 g/mol. The third-order valence-electron chi connectivity index (χ3n) is 0.674. The van der Waals surface area contributed by atoms with E-state index in [0.717, 1.165) is 0 Å². The van der Waals surface area contributed by atoms with Crippen molar-refractivity contribution >= 4 is 5.97 Å². The van der Waals surface area contributed by atoms with Crippen molar-refractivity contribution in [2.24, 2.45) is 5.92 Å². The molecule has 0 atom stereocenters. The van der Waals surface area contributed by atoms with Gasteiger partial charge in [0.15, 0.2) is 0 Å². The highest BCUT2D eigenvalue weighted by Crippen LogP contribution is 1.96. The van der Waals surface area contributed by atoms with E-state index in [0.29, 0.717) is 0 Å². The zero-order chi connectivity index (χ0) is 8.69. The van der Waals surface area contributed by atoms with E-state index in [4.69, 9.17) is 5.26 Å². The Bertz CT molecular complexity index is 111. The Morgan fingerprint density at radius 2 is 1.91 bits per heavy atom. The smallest absolute Gasteiger partial charge is 0.266 e. The molecule has 0 fully saturated rings. The fraction of sp³-hybridized carbons (Fsp3) is 0.750. The van der Waals surface area contributed by atoms with Crippen LogP contribution in [0.15, 0.2) is 0 Å². The van der Waals surface area contributed by atoms with Gasteiger partial charge in [-0.05, 0) is 10.1 Å². The average Bonchev–Trinajstić information content (AvgIpc) is 1.97. The zero-order valence-electron chi connectivity index (χ0n) is 5.97. The lowest BCUT2D eigenvalue weighted by Gasteiger charge is -2.00. The van der Waals surface area contributed by atoms with Crippen LogP contribution in [0.4, 0.5) is 0 Å². The molecule has 0 aliphatic heterocycles. The van der Waals surface area contributed by atoms with Gasteiger partial charge in [0.25, 0.3) is 0 Å². The monoisotopic (exact) mass is 168 g/mol. The summed E-state index contributed by atoms with van der Waals surface area (Å²) >= 11 is 0. The molecule has 0 unspecified atom stereocenters. The second-order valence-corrected chi connectivity index (χ2v) is 1.84. The van der Waals surface area contributed by atoms with Gasteiger partial charge in [0.1, 0.15) is 0 Å². The summed E-state index contributed by atoms with van der Waals surface area (Å²) in [6.45, 7) is 3.18. The molecule has 7 heteroatoms. The minimum absolute atomic E-state index is 0.353. The number of carbonyl (C=O) groups excluding carboxylic acids is 1. The van der Waals surface area contributed by atoms with Crippen LogP contribution in [0, 0.1) is 5.92 Å². The van der Waals surface area contributed by atoms with Gasteiger partial charge in [-0.1, -0.05) is 13.8 Å². The maximum Gasteiger partial charge on any atom is 0.348 e. The van der Waals surface area contributed by atoms with Gasteiger partial charge >= 0.3 is 5.97 Å². The molecule has 0 heterocycles. The summed E-state index contributed by atoms with van der Waals surface area (Å²) in [5.74, 6) is -1.000. The van der Waals surface area contributed by atoms with E-state index in [9.17, 15) is 4.79 Å². The molecule has 0 aliphatic rings. The highest BCUT2D eigenvalue weighted by molar-refractivity contribution is 5.70. The molecule has 11 heavy (non-hydrogen) atoms. The maximum atomic E-state index is 10.5. The first kappa shape index (κ1) is 10.3. The van der Waals surface area contributed by atoms with Crippen molar-refractivity contribution < 1.29 is 35.1 Å². The van der Waals surface area contributed by atoms with Gasteiger partial charge < -0.3 is 0 Å². The van der Waals surface area contributed by atoms with Gasteiger partial charge in [0.2, 0.25) is 0 Å². The predicted molar refractivity (Wildman–Crippen MR) is 27.9 cm³/mol. The van der Waals surface area contributed by atoms with E-state index < -0.39 is 5.97 Å². The van der Waals surface area contributed by atoms with Crippen molar-refractivity contribution in [2.75, 3.05) is 0 Å². The summed E-state index contributed by atoms with van der Waals surface area (Å²) < 4.78 is 0. The quantitative estimate of drug-likeness (QED) is 0.361. The van der Waals surface area contributed by atoms with Crippen molar-refractivity contribution in [1.82, 2.24) is 0 Å². The second kappa shape index (κ2) is 6.01. The molecule has 0 amide bonds. The van der Waals surface area contributed by atoms with Gasteiger partial charge in [-0.25, -0.2) is 10.1 Å². The standard InChI is InChI=1S/C4H8O7/c1-3(2)4(5)7-9-11-10-8-6/h3,6H,1-2H3. The number of carbonyl (C=O) groups is 1. The Hall–Kier alpha value is -0.730. The maximum absolute atomic E-state index is 10.5. The summed E-state index contributed by atoms with van der Waals surface area (Å²) in [5, 5.41) is 20.9. The van der Waals surface area contributed by atoms with Crippen molar-refractivity contribution in [1.29, 1.82) is 0 Å². The topological polar surface area (TPSA) is 83.5 Å². The molecule has 0 radical (unpaired) electrons. The first-order valence-electron chi connectivity index (χ1n) is 2.70. The van der Waals surface area contributed by atoms with Gasteiger partial charge in [-0.2, -0.15) is 0 Å². The fourth-order valence-electron chi connectivity index (χ4n) is 0.167. The molecule has 0 aliphatic carbocycles. The Morgan fingerprint density at radius 1 is 1.27 bits per heavy atom. The predicted octanol–water partition coefficient (Wildman–Crippen LogP) is 0.385. The molecular formula is C4H8O7. The summed E-state index contributed by atoms with van der Waals surface area (Å²) in [7, 11) is 0. The van der Waals surface area contributed by atoms with Crippen LogP contribution in [-0.2, 0) is 29.8 Å². The Labute approximate surface area is 62.0 Å². The van der Waals surface area contributed by atoms with Crippen molar-refractivity contribution in [3.8, 4) is 0 Å². The molecule has 66 valence electrons. The van der Waals surface area contributed by atoms with Gasteiger partial charge in [0, 0.05) is 10.1 Å². The van der Waals surface area contributed by atoms with Crippen molar-refractivity contribution in [3.05, 3.63) is 0 Å². The van der Waals surface area contributed by atoms with Crippen LogP contribution in [-0.4, -0.2) is 11.2 Å². The summed E-state index contributed by atoms with van der Waals surface area (Å²) in [6.07, 6.45) is 0. The fourth-order valence-corrected chi connectivity index (χ4v) is 0.167. The Kier molecular flexibility index (Phi) is 5.61. The van der Waals surface area contributed by atoms with Crippen molar-refractivity contribution in [2.45, 2.75) is 13.8 Å². The number of hydrogen-bond donors (Lipinski definition) is 1. The number of hydrogen-bond acceptors (Lipinski definition) is 7.